The zero-order valence-electron chi connectivity index (χ0n) is 13.3. The molecule has 1 aromatic rings. The largest absolute Gasteiger partial charge is 0.494 e. The highest BCUT2D eigenvalue weighted by molar-refractivity contribution is 5.97. The van der Waals surface area contributed by atoms with E-state index in [2.05, 4.69) is 23.9 Å². The van der Waals surface area contributed by atoms with Gasteiger partial charge in [-0.3, -0.25) is 9.69 Å². The molecule has 116 valence electrons. The molecule has 0 saturated carbocycles. The molecule has 4 heteroatoms. The minimum atomic E-state index is 0.175. The first-order chi connectivity index (χ1) is 10.1. The summed E-state index contributed by atoms with van der Waals surface area (Å²) in [6.45, 7) is 5.29. The average Bonchev–Trinajstić information content (AvgIpc) is 2.48. The van der Waals surface area contributed by atoms with Crippen LogP contribution in [0.3, 0.4) is 0 Å². The third kappa shape index (κ3) is 4.55. The lowest BCUT2D eigenvalue weighted by molar-refractivity contribution is 0.0857. The van der Waals surface area contributed by atoms with Crippen molar-refractivity contribution in [3.05, 3.63) is 29.8 Å². The van der Waals surface area contributed by atoms with Gasteiger partial charge in [0.25, 0.3) is 0 Å². The van der Waals surface area contributed by atoms with Crippen molar-refractivity contribution in [1.82, 2.24) is 9.80 Å². The van der Waals surface area contributed by atoms with Crippen molar-refractivity contribution >= 4 is 5.78 Å². The van der Waals surface area contributed by atoms with Gasteiger partial charge in [0.15, 0.2) is 5.78 Å². The summed E-state index contributed by atoms with van der Waals surface area (Å²) >= 11 is 0. The van der Waals surface area contributed by atoms with Crippen LogP contribution < -0.4 is 4.74 Å². The molecule has 1 aliphatic rings. The molecule has 1 unspecified atom stereocenters. The van der Waals surface area contributed by atoms with Crippen LogP contribution in [0.4, 0.5) is 0 Å². The van der Waals surface area contributed by atoms with Gasteiger partial charge in [-0.1, -0.05) is 0 Å². The Kier molecular flexibility index (Phi) is 5.76. The van der Waals surface area contributed by atoms with Crippen molar-refractivity contribution in [1.29, 1.82) is 0 Å². The number of Topliss-reactive ketones (excluding diaryl/α,β-unsaturated/α-hetero) is 1. The van der Waals surface area contributed by atoms with E-state index in [0.29, 0.717) is 19.2 Å². The molecule has 0 bridgehead atoms. The minimum absolute atomic E-state index is 0.175. The Morgan fingerprint density at radius 2 is 2.10 bits per heavy atom. The SMILES string of the molecule is CCOc1ccc(C(=O)CN(C)C2CCCN(C)C2)cc1. The monoisotopic (exact) mass is 290 g/mol. The maximum absolute atomic E-state index is 12.4. The normalized spacial score (nSPS) is 19.7. The van der Waals surface area contributed by atoms with Gasteiger partial charge in [-0.15, -0.1) is 0 Å². The summed E-state index contributed by atoms with van der Waals surface area (Å²) < 4.78 is 5.40. The summed E-state index contributed by atoms with van der Waals surface area (Å²) in [6, 6.07) is 7.92. The summed E-state index contributed by atoms with van der Waals surface area (Å²) in [7, 11) is 4.20. The molecule has 4 nitrogen and oxygen atoms in total. The van der Waals surface area contributed by atoms with Crippen LogP contribution in [0.2, 0.25) is 0 Å². The van der Waals surface area contributed by atoms with Crippen LogP contribution in [0.1, 0.15) is 30.1 Å². The van der Waals surface area contributed by atoms with E-state index in [-0.39, 0.29) is 5.78 Å². The average molecular weight is 290 g/mol. The molecule has 0 radical (unpaired) electrons. The van der Waals surface area contributed by atoms with Gasteiger partial charge in [0.1, 0.15) is 5.75 Å². The number of ketones is 1. The molecule has 0 aromatic heterocycles. The van der Waals surface area contributed by atoms with Gasteiger partial charge in [-0.2, -0.15) is 0 Å². The second-order valence-corrected chi connectivity index (χ2v) is 5.85. The third-order valence-electron chi connectivity index (χ3n) is 4.10. The summed E-state index contributed by atoms with van der Waals surface area (Å²) in [5.74, 6) is 0.991. The lowest BCUT2D eigenvalue weighted by Gasteiger charge is -2.35. The number of benzene rings is 1. The number of carbonyl (C=O) groups excluding carboxylic acids is 1. The van der Waals surface area contributed by atoms with Gasteiger partial charge in [0, 0.05) is 18.2 Å². The van der Waals surface area contributed by atoms with E-state index in [1.54, 1.807) is 0 Å². The van der Waals surface area contributed by atoms with Crippen LogP contribution in [0.15, 0.2) is 24.3 Å². The fourth-order valence-corrected chi connectivity index (χ4v) is 2.85. The first-order valence-corrected chi connectivity index (χ1v) is 7.75. The number of piperidine rings is 1. The number of carbonyl (C=O) groups is 1. The van der Waals surface area contributed by atoms with Gasteiger partial charge in [0.2, 0.25) is 0 Å². The molecular weight excluding hydrogens is 264 g/mol. The number of nitrogens with zero attached hydrogens (tertiary/aromatic N) is 2. The quantitative estimate of drug-likeness (QED) is 0.753. The van der Waals surface area contributed by atoms with E-state index in [4.69, 9.17) is 4.74 Å². The van der Waals surface area contributed by atoms with E-state index in [9.17, 15) is 4.79 Å². The van der Waals surface area contributed by atoms with Crippen molar-refractivity contribution in [2.24, 2.45) is 0 Å². The van der Waals surface area contributed by atoms with Gasteiger partial charge in [-0.05, 0) is 64.7 Å². The number of rotatable bonds is 6. The molecule has 1 fully saturated rings. The van der Waals surface area contributed by atoms with Gasteiger partial charge >= 0.3 is 0 Å². The maximum Gasteiger partial charge on any atom is 0.176 e. The Morgan fingerprint density at radius 1 is 1.38 bits per heavy atom. The molecule has 1 aromatic carbocycles. The van der Waals surface area contributed by atoms with Crippen LogP contribution >= 0.6 is 0 Å². The first-order valence-electron chi connectivity index (χ1n) is 7.75. The van der Waals surface area contributed by atoms with Gasteiger partial charge in [0.05, 0.1) is 13.2 Å². The molecule has 1 heterocycles. The predicted octanol–water partition coefficient (Wildman–Crippen LogP) is 2.29. The van der Waals surface area contributed by atoms with Crippen molar-refractivity contribution in [3.63, 3.8) is 0 Å². The van der Waals surface area contributed by atoms with Crippen LogP contribution in [-0.2, 0) is 0 Å². The molecule has 0 amide bonds. The highest BCUT2D eigenvalue weighted by Gasteiger charge is 2.22. The molecule has 0 aliphatic carbocycles. The highest BCUT2D eigenvalue weighted by Crippen LogP contribution is 2.16. The molecule has 2 rings (SSSR count). The third-order valence-corrected chi connectivity index (χ3v) is 4.10. The lowest BCUT2D eigenvalue weighted by Crippen LogP contribution is -2.46. The Hall–Kier alpha value is -1.39. The highest BCUT2D eigenvalue weighted by atomic mass is 16.5. The molecule has 1 saturated heterocycles. The van der Waals surface area contributed by atoms with Crippen molar-refractivity contribution in [2.45, 2.75) is 25.8 Å². The van der Waals surface area contributed by atoms with E-state index in [1.165, 1.54) is 12.8 Å². The van der Waals surface area contributed by atoms with Gasteiger partial charge < -0.3 is 9.64 Å². The van der Waals surface area contributed by atoms with Crippen LogP contribution in [0.5, 0.6) is 5.75 Å². The van der Waals surface area contributed by atoms with E-state index in [0.717, 1.165) is 24.4 Å². The minimum Gasteiger partial charge on any atom is -0.494 e. The fraction of sp³-hybridized carbons (Fsp3) is 0.588. The van der Waals surface area contributed by atoms with Crippen molar-refractivity contribution in [3.8, 4) is 5.75 Å². The van der Waals surface area contributed by atoms with Crippen molar-refractivity contribution < 1.29 is 9.53 Å². The number of likely N-dealkylation sites (N-methyl/N-ethyl adjacent to an activating group) is 2. The number of hydrogen-bond acceptors (Lipinski definition) is 4. The zero-order valence-corrected chi connectivity index (χ0v) is 13.3. The van der Waals surface area contributed by atoms with E-state index in [1.807, 2.05) is 31.2 Å². The van der Waals surface area contributed by atoms with Crippen LogP contribution in [0, 0.1) is 0 Å². The second kappa shape index (κ2) is 7.57. The second-order valence-electron chi connectivity index (χ2n) is 5.85. The van der Waals surface area contributed by atoms with Crippen LogP contribution in [-0.4, -0.2) is 62.0 Å². The Labute approximate surface area is 127 Å². The molecular formula is C17H26N2O2. The molecule has 1 aliphatic heterocycles. The summed E-state index contributed by atoms with van der Waals surface area (Å²) in [6.07, 6.45) is 2.39. The van der Waals surface area contributed by atoms with Gasteiger partial charge in [-0.25, -0.2) is 0 Å². The fourth-order valence-electron chi connectivity index (χ4n) is 2.85. The number of likely N-dealkylation sites (tertiary alicyclic amines) is 1. The maximum atomic E-state index is 12.4. The summed E-state index contributed by atoms with van der Waals surface area (Å²) in [4.78, 5) is 16.9. The Bertz CT molecular complexity index is 458. The molecule has 0 N–H and O–H groups in total. The van der Waals surface area contributed by atoms with Crippen LogP contribution in [0.25, 0.3) is 0 Å². The standard InChI is InChI=1S/C17H26N2O2/c1-4-21-16-9-7-14(8-10-16)17(20)13-19(3)15-6-5-11-18(2)12-15/h7-10,15H,4-6,11-13H2,1-3H3. The summed E-state index contributed by atoms with van der Waals surface area (Å²) in [5.41, 5.74) is 0.759. The smallest absolute Gasteiger partial charge is 0.176 e. The Morgan fingerprint density at radius 3 is 2.71 bits per heavy atom. The number of ether oxygens (including phenoxy) is 1. The molecule has 1 atom stereocenters. The molecule has 0 spiro atoms. The van der Waals surface area contributed by atoms with E-state index < -0.39 is 0 Å². The Balaban J connectivity index is 1.90. The topological polar surface area (TPSA) is 32.8 Å². The number of hydrogen-bond donors (Lipinski definition) is 0. The zero-order chi connectivity index (χ0) is 15.2. The van der Waals surface area contributed by atoms with Crippen molar-refractivity contribution in [2.75, 3.05) is 40.3 Å². The molecule has 21 heavy (non-hydrogen) atoms. The first kappa shape index (κ1) is 16.0. The predicted molar refractivity (Wildman–Crippen MR) is 85.1 cm³/mol. The summed E-state index contributed by atoms with van der Waals surface area (Å²) in [5, 5.41) is 0. The van der Waals surface area contributed by atoms with E-state index >= 15 is 0 Å². The lowest BCUT2D eigenvalue weighted by atomic mass is 10.0.